The summed E-state index contributed by atoms with van der Waals surface area (Å²) in [5.74, 6) is -0.228. The lowest BCUT2D eigenvalue weighted by Crippen LogP contribution is -2.45. The zero-order chi connectivity index (χ0) is 27.5. The maximum Gasteiger partial charge on any atom is 0.328 e. The normalized spacial score (nSPS) is 14.7. The Labute approximate surface area is 227 Å². The molecule has 204 valence electrons. The number of benzene rings is 2. The predicted octanol–water partition coefficient (Wildman–Crippen LogP) is 5.06. The van der Waals surface area contributed by atoms with E-state index in [4.69, 9.17) is 11.6 Å². The van der Waals surface area contributed by atoms with Gasteiger partial charge in [0.25, 0.3) is 15.6 Å². The molecule has 9 nitrogen and oxygen atoms in total. The number of carbonyl (C=O) groups excluding carboxylic acids is 2. The van der Waals surface area contributed by atoms with Crippen molar-refractivity contribution in [3.05, 3.63) is 69.7 Å². The summed E-state index contributed by atoms with van der Waals surface area (Å²) in [5.41, 5.74) is 1.28. The fraction of sp³-hybridized carbons (Fsp3) is 0.407. The summed E-state index contributed by atoms with van der Waals surface area (Å²) >= 11 is 5.71. The molecule has 3 aromatic rings. The lowest BCUT2D eigenvalue weighted by Gasteiger charge is -2.22. The van der Waals surface area contributed by atoms with Crippen LogP contribution >= 0.6 is 11.6 Å². The van der Waals surface area contributed by atoms with Gasteiger partial charge >= 0.3 is 6.03 Å². The van der Waals surface area contributed by atoms with Gasteiger partial charge in [0.2, 0.25) is 0 Å². The summed E-state index contributed by atoms with van der Waals surface area (Å²) in [7, 11) is -3.93. The van der Waals surface area contributed by atoms with Crippen LogP contribution in [0.4, 0.5) is 4.79 Å². The number of sulfonamides is 1. The zero-order valence-corrected chi connectivity index (χ0v) is 22.9. The summed E-state index contributed by atoms with van der Waals surface area (Å²) in [6.45, 7) is 2.06. The molecule has 0 aliphatic heterocycles. The SMILES string of the molecule is CCCCC(C=O)c1ccc(S(=O)(=O)NC(=O)NC2CCCCC2)cc1.O=c1[nH]cnc2ccc(Cl)cc12. The highest BCUT2D eigenvalue weighted by Gasteiger charge is 2.21. The number of hydrogen-bond acceptors (Lipinski definition) is 6. The average Bonchev–Trinajstić information content (AvgIpc) is 2.90. The van der Waals surface area contributed by atoms with E-state index >= 15 is 0 Å². The van der Waals surface area contributed by atoms with Gasteiger partial charge in [-0.05, 0) is 55.2 Å². The van der Waals surface area contributed by atoms with Gasteiger partial charge in [0.05, 0.1) is 22.1 Å². The molecular formula is C27H33ClN4O5S. The number of nitrogens with zero attached hydrogens (tertiary/aromatic N) is 1. The van der Waals surface area contributed by atoms with Crippen LogP contribution in [0.25, 0.3) is 10.9 Å². The Balaban J connectivity index is 0.000000275. The molecule has 1 aliphatic rings. The topological polar surface area (TPSA) is 138 Å². The van der Waals surface area contributed by atoms with E-state index in [9.17, 15) is 22.8 Å². The van der Waals surface area contributed by atoms with E-state index in [1.54, 1.807) is 30.3 Å². The van der Waals surface area contributed by atoms with Gasteiger partial charge in [-0.3, -0.25) is 4.79 Å². The number of unbranched alkanes of at least 4 members (excludes halogenated alkanes) is 1. The van der Waals surface area contributed by atoms with Gasteiger partial charge < -0.3 is 15.1 Å². The molecule has 1 saturated carbocycles. The van der Waals surface area contributed by atoms with Gasteiger partial charge in [-0.25, -0.2) is 22.9 Å². The lowest BCUT2D eigenvalue weighted by molar-refractivity contribution is -0.109. The fourth-order valence-corrected chi connectivity index (χ4v) is 5.40. The van der Waals surface area contributed by atoms with E-state index in [0.29, 0.717) is 15.9 Å². The highest BCUT2D eigenvalue weighted by molar-refractivity contribution is 7.90. The molecule has 1 unspecified atom stereocenters. The number of rotatable bonds is 8. The van der Waals surface area contributed by atoms with Crippen LogP contribution in [0.5, 0.6) is 0 Å². The molecule has 1 atom stereocenters. The van der Waals surface area contributed by atoms with Crippen LogP contribution in [-0.4, -0.2) is 36.7 Å². The maximum absolute atomic E-state index is 12.4. The van der Waals surface area contributed by atoms with Crippen molar-refractivity contribution in [2.45, 2.75) is 75.1 Å². The van der Waals surface area contributed by atoms with Gasteiger partial charge in [0, 0.05) is 17.0 Å². The number of fused-ring (bicyclic) bond motifs is 1. The summed E-state index contributed by atoms with van der Waals surface area (Å²) in [5, 5.41) is 3.79. The van der Waals surface area contributed by atoms with E-state index in [2.05, 4.69) is 26.9 Å². The van der Waals surface area contributed by atoms with E-state index < -0.39 is 16.1 Å². The van der Waals surface area contributed by atoms with Crippen LogP contribution in [0.15, 0.2) is 58.5 Å². The number of amides is 2. The molecule has 1 heterocycles. The Morgan fingerprint density at radius 3 is 2.53 bits per heavy atom. The first-order valence-electron chi connectivity index (χ1n) is 12.7. The van der Waals surface area contributed by atoms with Crippen LogP contribution < -0.4 is 15.6 Å². The van der Waals surface area contributed by atoms with Crippen molar-refractivity contribution in [1.29, 1.82) is 0 Å². The summed E-state index contributed by atoms with van der Waals surface area (Å²) in [6, 6.07) is 10.5. The van der Waals surface area contributed by atoms with Crippen molar-refractivity contribution in [1.82, 2.24) is 20.0 Å². The fourth-order valence-electron chi connectivity index (χ4n) is 4.32. The smallest absolute Gasteiger partial charge is 0.328 e. The van der Waals surface area contributed by atoms with Crippen LogP contribution in [0.1, 0.15) is 69.8 Å². The third-order valence-corrected chi connectivity index (χ3v) is 8.00. The second-order valence-corrected chi connectivity index (χ2v) is 11.4. The number of nitrogens with one attached hydrogen (secondary N) is 3. The minimum atomic E-state index is -3.93. The van der Waals surface area contributed by atoms with E-state index in [1.165, 1.54) is 18.5 Å². The van der Waals surface area contributed by atoms with Crippen LogP contribution in [0.2, 0.25) is 5.02 Å². The largest absolute Gasteiger partial charge is 0.335 e. The lowest BCUT2D eigenvalue weighted by atomic mass is 9.95. The first kappa shape index (κ1) is 29.3. The summed E-state index contributed by atoms with van der Waals surface area (Å²) in [6.07, 6.45) is 9.97. The molecular weight excluding hydrogens is 528 g/mol. The van der Waals surface area contributed by atoms with Gasteiger partial charge in [-0.2, -0.15) is 0 Å². The molecule has 38 heavy (non-hydrogen) atoms. The van der Waals surface area contributed by atoms with Crippen LogP contribution in [0.3, 0.4) is 0 Å². The van der Waals surface area contributed by atoms with E-state index in [0.717, 1.165) is 63.2 Å². The Kier molecular flexibility index (Phi) is 10.8. The van der Waals surface area contributed by atoms with Gasteiger partial charge in [0.15, 0.2) is 0 Å². The van der Waals surface area contributed by atoms with Crippen LogP contribution in [-0.2, 0) is 14.8 Å². The number of urea groups is 1. The number of aldehydes is 1. The number of hydrogen-bond donors (Lipinski definition) is 3. The van der Waals surface area contributed by atoms with Crippen molar-refractivity contribution >= 4 is 44.8 Å². The Morgan fingerprint density at radius 1 is 1.16 bits per heavy atom. The second kappa shape index (κ2) is 14.1. The van der Waals surface area contributed by atoms with E-state index in [-0.39, 0.29) is 22.4 Å². The van der Waals surface area contributed by atoms with Crippen molar-refractivity contribution < 1.29 is 18.0 Å². The summed E-state index contributed by atoms with van der Waals surface area (Å²) < 4.78 is 26.8. The molecule has 0 saturated heterocycles. The molecule has 0 radical (unpaired) electrons. The number of H-pyrrole nitrogens is 1. The zero-order valence-electron chi connectivity index (χ0n) is 21.3. The highest BCUT2D eigenvalue weighted by atomic mass is 35.5. The minimum Gasteiger partial charge on any atom is -0.335 e. The molecule has 2 aromatic carbocycles. The number of aromatic nitrogens is 2. The first-order valence-corrected chi connectivity index (χ1v) is 14.6. The van der Waals surface area contributed by atoms with E-state index in [1.807, 2.05) is 0 Å². The van der Waals surface area contributed by atoms with Gasteiger partial charge in [0.1, 0.15) is 6.29 Å². The molecule has 3 N–H and O–H groups in total. The standard InChI is InChI=1S/C19H28N2O4S.C8H5ClN2O/c1-2-3-7-16(14-22)15-10-12-18(13-11-15)26(24,25)21-19(23)20-17-8-5-4-6-9-17;9-5-1-2-7-6(3-5)8(12)11-4-10-7/h10-14,16-17H,2-9H2,1H3,(H2,20,21,23);1-4H,(H,10,11,12). The molecule has 1 aliphatic carbocycles. The molecule has 1 aromatic heterocycles. The van der Waals surface area contributed by atoms with Crippen molar-refractivity contribution in [2.75, 3.05) is 0 Å². The van der Waals surface area contributed by atoms with Gasteiger partial charge in [-0.15, -0.1) is 0 Å². The minimum absolute atomic E-state index is 0.0141. The Morgan fingerprint density at radius 2 is 1.87 bits per heavy atom. The second-order valence-electron chi connectivity index (χ2n) is 9.26. The molecule has 0 bridgehead atoms. The molecule has 1 fully saturated rings. The molecule has 2 amide bonds. The quantitative estimate of drug-likeness (QED) is 0.329. The van der Waals surface area contributed by atoms with Crippen molar-refractivity contribution in [3.63, 3.8) is 0 Å². The monoisotopic (exact) mass is 560 g/mol. The third kappa shape index (κ3) is 8.39. The number of halogens is 1. The summed E-state index contributed by atoms with van der Waals surface area (Å²) in [4.78, 5) is 40.9. The number of aromatic amines is 1. The maximum atomic E-state index is 12.4. The Bertz CT molecular complexity index is 1390. The first-order chi connectivity index (χ1) is 18.2. The molecule has 4 rings (SSSR count). The van der Waals surface area contributed by atoms with Crippen molar-refractivity contribution in [2.24, 2.45) is 0 Å². The van der Waals surface area contributed by atoms with Crippen LogP contribution in [0, 0.1) is 0 Å². The third-order valence-electron chi connectivity index (χ3n) is 6.42. The highest BCUT2D eigenvalue weighted by Crippen LogP contribution is 2.22. The molecule has 11 heteroatoms. The predicted molar refractivity (Wildman–Crippen MR) is 148 cm³/mol. The average molecular weight is 561 g/mol. The molecule has 0 spiro atoms. The van der Waals surface area contributed by atoms with Crippen molar-refractivity contribution in [3.8, 4) is 0 Å². The Hall–Kier alpha value is -3.24. The van der Waals surface area contributed by atoms with Gasteiger partial charge in [-0.1, -0.05) is 62.8 Å². The number of carbonyl (C=O) groups is 2.